The third kappa shape index (κ3) is 5.89. The molecule has 0 saturated heterocycles. The van der Waals surface area contributed by atoms with Crippen LogP contribution in [0.4, 0.5) is 4.39 Å². The molecule has 1 unspecified atom stereocenters. The van der Waals surface area contributed by atoms with E-state index in [0.717, 1.165) is 11.1 Å². The van der Waals surface area contributed by atoms with E-state index in [1.807, 2.05) is 40.7 Å². The van der Waals surface area contributed by atoms with Crippen LogP contribution in [0, 0.1) is 5.82 Å². The number of hydrogen-bond donors (Lipinski definition) is 0. The van der Waals surface area contributed by atoms with Crippen LogP contribution in [0.3, 0.4) is 0 Å². The molecule has 0 bridgehead atoms. The van der Waals surface area contributed by atoms with Gasteiger partial charge in [-0.2, -0.15) is 0 Å². The predicted octanol–water partition coefficient (Wildman–Crippen LogP) is 5.72. The molecule has 0 aromatic heterocycles. The monoisotopic (exact) mass is 342 g/mol. The van der Waals surface area contributed by atoms with Crippen molar-refractivity contribution in [2.24, 2.45) is 9.98 Å². The summed E-state index contributed by atoms with van der Waals surface area (Å²) in [4.78, 5) is 20.8. The Labute approximate surface area is 150 Å². The van der Waals surface area contributed by atoms with Gasteiger partial charge in [0.2, 0.25) is 0 Å². The number of rotatable bonds is 8. The van der Waals surface area contributed by atoms with Gasteiger partial charge in [0.05, 0.1) is 5.71 Å². The number of nitrogens with zero attached hydrogens (tertiary/aromatic N) is 2. The maximum Gasteiger partial charge on any atom is 0.177 e. The average Bonchev–Trinajstić information content (AvgIpc) is 2.59. The number of aliphatic imine (C=N–C) groups is 2. The molecular formula is C21H27FN2O. The number of hydrogen-bond acceptors (Lipinski definition) is 3. The molecule has 1 atom stereocenters. The van der Waals surface area contributed by atoms with Gasteiger partial charge in [-0.1, -0.05) is 32.1 Å². The van der Waals surface area contributed by atoms with Crippen LogP contribution in [0.2, 0.25) is 0 Å². The van der Waals surface area contributed by atoms with Crippen molar-refractivity contribution in [3.63, 3.8) is 0 Å². The first-order chi connectivity index (χ1) is 12.0. The highest BCUT2D eigenvalue weighted by molar-refractivity contribution is 6.40. The molecule has 25 heavy (non-hydrogen) atoms. The summed E-state index contributed by atoms with van der Waals surface area (Å²) in [5.41, 5.74) is 2.72. The Hall–Kier alpha value is -2.36. The summed E-state index contributed by atoms with van der Waals surface area (Å²) in [5.74, 6) is -0.593. The summed E-state index contributed by atoms with van der Waals surface area (Å²) in [7, 11) is 0. The molecule has 0 radical (unpaired) electrons. The number of carbonyl (C=O) groups excluding carboxylic acids is 1. The lowest BCUT2D eigenvalue weighted by atomic mass is 9.87. The summed E-state index contributed by atoms with van der Waals surface area (Å²) in [6.07, 6.45) is 7.57. The first-order valence-electron chi connectivity index (χ1n) is 8.60. The number of halogens is 1. The van der Waals surface area contributed by atoms with Crippen LogP contribution >= 0.6 is 0 Å². The molecule has 0 saturated carbocycles. The van der Waals surface area contributed by atoms with Crippen molar-refractivity contribution in [3.05, 3.63) is 53.6 Å². The minimum absolute atomic E-state index is 0.0458. The normalized spacial score (nSPS) is 14.5. The predicted molar refractivity (Wildman–Crippen MR) is 105 cm³/mol. The Morgan fingerprint density at radius 1 is 1.32 bits per heavy atom. The summed E-state index contributed by atoms with van der Waals surface area (Å²) in [6.45, 7) is 9.34. The van der Waals surface area contributed by atoms with Gasteiger partial charge >= 0.3 is 0 Å². The van der Waals surface area contributed by atoms with Crippen molar-refractivity contribution in [3.8, 4) is 0 Å². The van der Waals surface area contributed by atoms with E-state index in [1.54, 1.807) is 30.8 Å². The van der Waals surface area contributed by atoms with Gasteiger partial charge in [-0.25, -0.2) is 4.39 Å². The van der Waals surface area contributed by atoms with Crippen LogP contribution in [0.15, 0.2) is 46.7 Å². The highest BCUT2D eigenvalue weighted by atomic mass is 19.1. The van der Waals surface area contributed by atoms with E-state index in [-0.39, 0.29) is 23.9 Å². The van der Waals surface area contributed by atoms with Crippen molar-refractivity contribution >= 4 is 23.3 Å². The van der Waals surface area contributed by atoms with Gasteiger partial charge in [-0.3, -0.25) is 14.8 Å². The smallest absolute Gasteiger partial charge is 0.177 e. The van der Waals surface area contributed by atoms with E-state index in [9.17, 15) is 9.18 Å². The molecule has 1 aromatic rings. The third-order valence-electron chi connectivity index (χ3n) is 3.92. The fourth-order valence-electron chi connectivity index (χ4n) is 2.66. The maximum atomic E-state index is 14.5. The van der Waals surface area contributed by atoms with Gasteiger partial charge in [0.15, 0.2) is 5.78 Å². The Morgan fingerprint density at radius 2 is 2.04 bits per heavy atom. The topological polar surface area (TPSA) is 41.8 Å². The van der Waals surface area contributed by atoms with E-state index >= 15 is 0 Å². The molecule has 0 heterocycles. The van der Waals surface area contributed by atoms with Gasteiger partial charge in [0.1, 0.15) is 5.82 Å². The average molecular weight is 342 g/mol. The lowest BCUT2D eigenvalue weighted by Gasteiger charge is -2.17. The maximum absolute atomic E-state index is 14.5. The standard InChI is InChI=1S/C21H27FN2O/c1-6-12-24-19(7-2)20(25)13-15(4)21-17(10-9-11-18(21)22)16(5)14-23-8-3/h6,8-12,14-15H,7,13H2,1-5H3/b12-6-,16-14+,23-8?,24-19?. The molecule has 0 aliphatic heterocycles. The van der Waals surface area contributed by atoms with Gasteiger partial charge in [0, 0.05) is 25.0 Å². The van der Waals surface area contributed by atoms with Crippen LogP contribution in [-0.2, 0) is 4.79 Å². The fourth-order valence-corrected chi connectivity index (χ4v) is 2.66. The molecule has 0 fully saturated rings. The molecule has 4 heteroatoms. The molecule has 1 rings (SSSR count). The fraction of sp³-hybridized carbons (Fsp3) is 0.381. The van der Waals surface area contributed by atoms with Crippen molar-refractivity contribution in [2.75, 3.05) is 0 Å². The van der Waals surface area contributed by atoms with Crippen LogP contribution in [0.5, 0.6) is 0 Å². The number of benzene rings is 1. The summed E-state index contributed by atoms with van der Waals surface area (Å²) < 4.78 is 14.5. The minimum atomic E-state index is -0.297. The molecule has 0 aliphatic rings. The van der Waals surface area contributed by atoms with Crippen molar-refractivity contribution in [1.29, 1.82) is 0 Å². The zero-order chi connectivity index (χ0) is 18.8. The zero-order valence-electron chi connectivity index (χ0n) is 15.7. The molecule has 0 aliphatic carbocycles. The van der Waals surface area contributed by atoms with Crippen LogP contribution in [0.1, 0.15) is 64.5 Å². The van der Waals surface area contributed by atoms with Gasteiger partial charge < -0.3 is 0 Å². The quantitative estimate of drug-likeness (QED) is 0.557. The number of carbonyl (C=O) groups is 1. The second kappa shape index (κ2) is 10.5. The highest BCUT2D eigenvalue weighted by Gasteiger charge is 2.21. The van der Waals surface area contributed by atoms with Gasteiger partial charge in [-0.05, 0) is 55.9 Å². The van der Waals surface area contributed by atoms with Gasteiger partial charge in [-0.15, -0.1) is 0 Å². The van der Waals surface area contributed by atoms with Crippen molar-refractivity contribution in [2.45, 2.75) is 53.4 Å². The first kappa shape index (κ1) is 20.7. The molecule has 1 aromatic carbocycles. The molecular weight excluding hydrogens is 315 g/mol. The Kier molecular flexibility index (Phi) is 8.68. The molecule has 0 spiro atoms. The van der Waals surface area contributed by atoms with E-state index in [0.29, 0.717) is 17.7 Å². The lowest BCUT2D eigenvalue weighted by Crippen LogP contribution is -2.16. The lowest BCUT2D eigenvalue weighted by molar-refractivity contribution is -0.113. The second-order valence-corrected chi connectivity index (χ2v) is 5.86. The first-order valence-corrected chi connectivity index (χ1v) is 8.60. The third-order valence-corrected chi connectivity index (χ3v) is 3.92. The van der Waals surface area contributed by atoms with E-state index in [1.165, 1.54) is 6.07 Å². The Morgan fingerprint density at radius 3 is 2.64 bits per heavy atom. The number of ketones is 1. The van der Waals surface area contributed by atoms with Crippen molar-refractivity contribution < 1.29 is 9.18 Å². The summed E-state index contributed by atoms with van der Waals surface area (Å²) >= 11 is 0. The zero-order valence-corrected chi connectivity index (χ0v) is 15.7. The Balaban J connectivity index is 3.17. The van der Waals surface area contributed by atoms with Gasteiger partial charge in [0.25, 0.3) is 0 Å². The Bertz CT molecular complexity index is 715. The largest absolute Gasteiger partial charge is 0.293 e. The van der Waals surface area contributed by atoms with Crippen LogP contribution in [-0.4, -0.2) is 17.7 Å². The molecule has 134 valence electrons. The molecule has 0 N–H and O–H groups in total. The second-order valence-electron chi connectivity index (χ2n) is 5.86. The van der Waals surface area contributed by atoms with E-state index < -0.39 is 0 Å². The van der Waals surface area contributed by atoms with Crippen molar-refractivity contribution in [1.82, 2.24) is 0 Å². The molecule has 3 nitrogen and oxygen atoms in total. The summed E-state index contributed by atoms with van der Waals surface area (Å²) in [5, 5.41) is 0. The van der Waals surface area contributed by atoms with Crippen LogP contribution < -0.4 is 0 Å². The van der Waals surface area contributed by atoms with Crippen LogP contribution in [0.25, 0.3) is 5.57 Å². The number of allylic oxidation sites excluding steroid dienone is 2. The SMILES string of the molecule is CC=N/C=C(\C)c1cccc(F)c1C(C)CC(=O)C(CC)=N/C=C\C. The van der Waals surface area contributed by atoms with E-state index in [4.69, 9.17) is 0 Å². The summed E-state index contributed by atoms with van der Waals surface area (Å²) in [6, 6.07) is 4.98. The number of Topliss-reactive ketones (excluding diaryl/α,β-unsaturated/α-hetero) is 1. The molecule has 0 amide bonds. The highest BCUT2D eigenvalue weighted by Crippen LogP contribution is 2.30. The minimum Gasteiger partial charge on any atom is -0.293 e. The van der Waals surface area contributed by atoms with E-state index in [2.05, 4.69) is 9.98 Å².